The Morgan fingerprint density at radius 3 is 2.40 bits per heavy atom. The number of halogens is 1. The number of hydrogen-bond acceptors (Lipinski definition) is 2. The molecule has 0 fully saturated rings. The van der Waals surface area contributed by atoms with E-state index >= 15 is 0 Å². The molecule has 0 heterocycles. The van der Waals surface area contributed by atoms with Crippen LogP contribution in [0.25, 0.3) is 0 Å². The molecule has 0 aliphatic rings. The van der Waals surface area contributed by atoms with Crippen molar-refractivity contribution in [3.63, 3.8) is 0 Å². The summed E-state index contributed by atoms with van der Waals surface area (Å²) in [6, 6.07) is 14.9. The van der Waals surface area contributed by atoms with Crippen molar-refractivity contribution in [1.82, 2.24) is 0 Å². The first kappa shape index (κ1) is 14.8. The summed E-state index contributed by atoms with van der Waals surface area (Å²) in [4.78, 5) is 12.2. The summed E-state index contributed by atoms with van der Waals surface area (Å²) in [7, 11) is 0. The van der Waals surface area contributed by atoms with Crippen LogP contribution in [0.3, 0.4) is 0 Å². The van der Waals surface area contributed by atoms with Crippen LogP contribution in [-0.4, -0.2) is 12.0 Å². The van der Waals surface area contributed by atoms with Gasteiger partial charge in [0.25, 0.3) is 5.91 Å². The lowest BCUT2D eigenvalue weighted by atomic mass is 10.2. The quantitative estimate of drug-likeness (QED) is 0.801. The summed E-state index contributed by atoms with van der Waals surface area (Å²) in [5.41, 5.74) is 1.31. The second kappa shape index (κ2) is 6.74. The van der Waals surface area contributed by atoms with Crippen LogP contribution >= 0.6 is 22.6 Å². The van der Waals surface area contributed by atoms with Gasteiger partial charge in [-0.25, -0.2) is 0 Å². The fraction of sp³-hybridized carbons (Fsp3) is 0.188. The number of nitrogens with one attached hydrogen (secondary N) is 1. The van der Waals surface area contributed by atoms with E-state index in [-0.39, 0.29) is 12.0 Å². The van der Waals surface area contributed by atoms with E-state index in [0.717, 1.165) is 3.57 Å². The van der Waals surface area contributed by atoms with Crippen LogP contribution in [0.15, 0.2) is 48.5 Å². The third kappa shape index (κ3) is 3.96. The Morgan fingerprint density at radius 1 is 1.10 bits per heavy atom. The number of carbonyl (C=O) groups is 1. The third-order valence-corrected chi connectivity index (χ3v) is 3.32. The van der Waals surface area contributed by atoms with Gasteiger partial charge in [-0.1, -0.05) is 12.1 Å². The Labute approximate surface area is 132 Å². The zero-order valence-electron chi connectivity index (χ0n) is 11.4. The summed E-state index contributed by atoms with van der Waals surface area (Å²) in [6.45, 7) is 3.91. The smallest absolute Gasteiger partial charge is 0.255 e. The molecule has 0 saturated heterocycles. The topological polar surface area (TPSA) is 38.3 Å². The van der Waals surface area contributed by atoms with Crippen molar-refractivity contribution in [2.75, 3.05) is 5.32 Å². The Morgan fingerprint density at radius 2 is 1.75 bits per heavy atom. The number of rotatable bonds is 4. The fourth-order valence-electron chi connectivity index (χ4n) is 1.72. The molecule has 0 saturated carbocycles. The molecule has 0 aromatic heterocycles. The van der Waals surface area contributed by atoms with Crippen molar-refractivity contribution < 1.29 is 9.53 Å². The maximum Gasteiger partial charge on any atom is 0.255 e. The minimum absolute atomic E-state index is 0.0614. The summed E-state index contributed by atoms with van der Waals surface area (Å²) in [5.74, 6) is 0.544. The summed E-state index contributed by atoms with van der Waals surface area (Å²) in [5, 5.41) is 2.89. The van der Waals surface area contributed by atoms with Gasteiger partial charge in [0.1, 0.15) is 5.75 Å². The maximum atomic E-state index is 12.2. The van der Waals surface area contributed by atoms with E-state index in [9.17, 15) is 4.79 Å². The highest BCUT2D eigenvalue weighted by Crippen LogP contribution is 2.25. The minimum Gasteiger partial charge on any atom is -0.489 e. The molecule has 0 bridgehead atoms. The number of para-hydroxylation sites is 2. The summed E-state index contributed by atoms with van der Waals surface area (Å²) < 4.78 is 6.78. The number of hydrogen-bond donors (Lipinski definition) is 1. The molecule has 2 aromatic rings. The lowest BCUT2D eigenvalue weighted by Gasteiger charge is -2.14. The molecule has 1 amide bonds. The van der Waals surface area contributed by atoms with Gasteiger partial charge in [-0.3, -0.25) is 4.79 Å². The molecule has 3 nitrogen and oxygen atoms in total. The van der Waals surface area contributed by atoms with Gasteiger partial charge in [0.05, 0.1) is 11.8 Å². The molecular formula is C16H16INO2. The minimum atomic E-state index is -0.138. The van der Waals surface area contributed by atoms with E-state index in [0.29, 0.717) is 17.0 Å². The molecule has 0 aliphatic heterocycles. The Bertz CT molecular complexity index is 594. The highest BCUT2D eigenvalue weighted by molar-refractivity contribution is 14.1. The van der Waals surface area contributed by atoms with Crippen LogP contribution in [0, 0.1) is 3.57 Å². The zero-order chi connectivity index (χ0) is 14.5. The average Bonchev–Trinajstić information content (AvgIpc) is 2.41. The van der Waals surface area contributed by atoms with Crippen molar-refractivity contribution in [3.8, 4) is 5.75 Å². The van der Waals surface area contributed by atoms with Crippen LogP contribution < -0.4 is 10.1 Å². The molecule has 0 radical (unpaired) electrons. The SMILES string of the molecule is CC(C)Oc1ccccc1NC(=O)c1ccc(I)cc1. The Kier molecular flexibility index (Phi) is 5.00. The van der Waals surface area contributed by atoms with Gasteiger partial charge < -0.3 is 10.1 Å². The van der Waals surface area contributed by atoms with Crippen LogP contribution in [0.5, 0.6) is 5.75 Å². The van der Waals surface area contributed by atoms with Gasteiger partial charge in [-0.05, 0) is 72.8 Å². The van der Waals surface area contributed by atoms with Crippen molar-refractivity contribution in [2.24, 2.45) is 0 Å². The predicted octanol–water partition coefficient (Wildman–Crippen LogP) is 4.33. The van der Waals surface area contributed by atoms with E-state index in [2.05, 4.69) is 27.9 Å². The lowest BCUT2D eigenvalue weighted by Crippen LogP contribution is -2.14. The first-order valence-electron chi connectivity index (χ1n) is 6.39. The van der Waals surface area contributed by atoms with E-state index < -0.39 is 0 Å². The van der Waals surface area contributed by atoms with Gasteiger partial charge in [0.15, 0.2) is 0 Å². The van der Waals surface area contributed by atoms with Crippen LogP contribution in [0.1, 0.15) is 24.2 Å². The van der Waals surface area contributed by atoms with Crippen LogP contribution in [0.4, 0.5) is 5.69 Å². The molecule has 1 N–H and O–H groups in total. The number of anilines is 1. The fourth-order valence-corrected chi connectivity index (χ4v) is 2.08. The standard InChI is InChI=1S/C16H16INO2/c1-11(2)20-15-6-4-3-5-14(15)18-16(19)12-7-9-13(17)10-8-12/h3-11H,1-2H3,(H,18,19). The van der Waals surface area contributed by atoms with Crippen molar-refractivity contribution in [2.45, 2.75) is 20.0 Å². The summed E-state index contributed by atoms with van der Waals surface area (Å²) >= 11 is 2.21. The molecule has 104 valence electrons. The molecule has 0 spiro atoms. The molecule has 2 rings (SSSR count). The highest BCUT2D eigenvalue weighted by atomic mass is 127. The second-order valence-electron chi connectivity index (χ2n) is 4.62. The van der Waals surface area contributed by atoms with Gasteiger partial charge in [-0.15, -0.1) is 0 Å². The summed E-state index contributed by atoms with van der Waals surface area (Å²) in [6.07, 6.45) is 0.0614. The predicted molar refractivity (Wildman–Crippen MR) is 89.3 cm³/mol. The van der Waals surface area contributed by atoms with Gasteiger partial charge in [0.2, 0.25) is 0 Å². The number of carbonyl (C=O) groups excluding carboxylic acids is 1. The van der Waals surface area contributed by atoms with Gasteiger partial charge in [0, 0.05) is 9.13 Å². The van der Waals surface area contributed by atoms with Gasteiger partial charge in [-0.2, -0.15) is 0 Å². The first-order chi connectivity index (χ1) is 9.56. The van der Waals surface area contributed by atoms with E-state index in [1.807, 2.05) is 62.4 Å². The number of ether oxygens (including phenoxy) is 1. The monoisotopic (exact) mass is 381 g/mol. The van der Waals surface area contributed by atoms with E-state index in [4.69, 9.17) is 4.74 Å². The maximum absolute atomic E-state index is 12.2. The lowest BCUT2D eigenvalue weighted by molar-refractivity contribution is 0.102. The zero-order valence-corrected chi connectivity index (χ0v) is 13.5. The molecule has 20 heavy (non-hydrogen) atoms. The van der Waals surface area contributed by atoms with Crippen molar-refractivity contribution in [3.05, 3.63) is 57.7 Å². The molecule has 2 aromatic carbocycles. The van der Waals surface area contributed by atoms with Crippen LogP contribution in [-0.2, 0) is 0 Å². The highest BCUT2D eigenvalue weighted by Gasteiger charge is 2.10. The van der Waals surface area contributed by atoms with E-state index in [1.165, 1.54) is 0 Å². The average molecular weight is 381 g/mol. The molecule has 0 aliphatic carbocycles. The number of amides is 1. The molecule has 0 unspecified atom stereocenters. The molecular weight excluding hydrogens is 365 g/mol. The van der Waals surface area contributed by atoms with Crippen LogP contribution in [0.2, 0.25) is 0 Å². The first-order valence-corrected chi connectivity index (χ1v) is 7.47. The second-order valence-corrected chi connectivity index (χ2v) is 5.87. The third-order valence-electron chi connectivity index (χ3n) is 2.60. The van der Waals surface area contributed by atoms with E-state index in [1.54, 1.807) is 0 Å². The largest absolute Gasteiger partial charge is 0.489 e. The Hall–Kier alpha value is -1.56. The molecule has 4 heteroatoms. The Balaban J connectivity index is 2.17. The van der Waals surface area contributed by atoms with Crippen molar-refractivity contribution in [1.29, 1.82) is 0 Å². The van der Waals surface area contributed by atoms with Gasteiger partial charge >= 0.3 is 0 Å². The normalized spacial score (nSPS) is 10.4. The molecule has 0 atom stereocenters. The van der Waals surface area contributed by atoms with Crippen molar-refractivity contribution >= 4 is 34.2 Å². The number of benzene rings is 2.